The van der Waals surface area contributed by atoms with E-state index in [1.807, 2.05) is 12.2 Å². The third-order valence-electron chi connectivity index (χ3n) is 4.97. The number of esters is 4. The normalized spacial score (nSPS) is 19.7. The van der Waals surface area contributed by atoms with Crippen molar-refractivity contribution < 1.29 is 38.1 Å². The summed E-state index contributed by atoms with van der Waals surface area (Å²) in [6.07, 6.45) is 3.80. The second-order valence-corrected chi connectivity index (χ2v) is 19.4. The molecule has 0 spiro atoms. The minimum Gasteiger partial charge on any atom is -0.465 e. The van der Waals surface area contributed by atoms with Crippen molar-refractivity contribution in [1.82, 2.24) is 0 Å². The molecule has 8 nitrogen and oxygen atoms in total. The molecule has 5 aliphatic rings. The lowest BCUT2D eigenvalue weighted by Gasteiger charge is -2.08. The van der Waals surface area contributed by atoms with E-state index in [0.717, 1.165) is 51.3 Å². The van der Waals surface area contributed by atoms with Gasteiger partial charge in [0.15, 0.2) is 0 Å². The molecule has 0 amide bonds. The SMILES string of the molecule is COC(=O)C1=C(C(=O)OC)SC(=CC(C=C2SC3=C(S2)SC(=C2SC=CS2)S3)=C2SC(C(=O)OC)=C(C(=O)OC)S2)S1. The number of carbonyl (C=O) groups is 4. The highest BCUT2D eigenvalue weighted by Crippen LogP contribution is 2.69. The summed E-state index contributed by atoms with van der Waals surface area (Å²) in [4.78, 5) is 50.5. The number of carbonyl (C=O) groups excluding carboxylic acids is 4. The van der Waals surface area contributed by atoms with Crippen LogP contribution in [0.4, 0.5) is 0 Å². The first-order valence-electron chi connectivity index (χ1n) is 11.1. The van der Waals surface area contributed by atoms with Crippen LogP contribution in [-0.2, 0) is 38.1 Å². The van der Waals surface area contributed by atoms with Crippen LogP contribution in [0, 0.1) is 0 Å². The van der Waals surface area contributed by atoms with E-state index in [4.69, 9.17) is 18.9 Å². The van der Waals surface area contributed by atoms with Crippen molar-refractivity contribution in [3.63, 3.8) is 0 Å². The first-order valence-corrected chi connectivity index (χ1v) is 19.4. The number of allylic oxidation sites excluding steroid dienone is 3. The fraction of sp³-hybridized carbons (Fsp3) is 0.167. The van der Waals surface area contributed by atoms with Crippen LogP contribution < -0.4 is 0 Å². The highest BCUT2D eigenvalue weighted by molar-refractivity contribution is 8.49. The number of hydrogen-bond acceptors (Lipinski definition) is 18. The number of ether oxygens (including phenoxy) is 4. The van der Waals surface area contributed by atoms with Crippen LogP contribution in [0.25, 0.3) is 0 Å². The summed E-state index contributed by atoms with van der Waals surface area (Å²) >= 11 is 14.7. The van der Waals surface area contributed by atoms with Crippen LogP contribution in [-0.4, -0.2) is 52.3 Å². The molecule has 0 N–H and O–H groups in total. The van der Waals surface area contributed by atoms with E-state index in [9.17, 15) is 19.2 Å². The molecule has 5 rings (SSSR count). The molecule has 42 heavy (non-hydrogen) atoms. The minimum atomic E-state index is -0.648. The van der Waals surface area contributed by atoms with E-state index >= 15 is 0 Å². The molecule has 5 heterocycles. The Morgan fingerprint density at radius 1 is 0.500 bits per heavy atom. The largest absolute Gasteiger partial charge is 0.465 e. The average molecular weight is 753 g/mol. The van der Waals surface area contributed by atoms with Crippen molar-refractivity contribution in [2.24, 2.45) is 0 Å². The molecule has 0 unspecified atom stereocenters. The van der Waals surface area contributed by atoms with Gasteiger partial charge >= 0.3 is 23.9 Å². The van der Waals surface area contributed by atoms with Gasteiger partial charge in [-0.1, -0.05) is 118 Å². The zero-order valence-corrected chi connectivity index (χ0v) is 29.8. The Bertz CT molecular complexity index is 1450. The Morgan fingerprint density at radius 3 is 1.26 bits per heavy atom. The summed E-state index contributed by atoms with van der Waals surface area (Å²) < 4.78 is 26.8. The van der Waals surface area contributed by atoms with Crippen LogP contribution in [0.1, 0.15) is 0 Å². The van der Waals surface area contributed by atoms with Gasteiger partial charge in [-0.15, -0.1) is 0 Å². The highest BCUT2D eigenvalue weighted by atomic mass is 32.3. The maximum atomic E-state index is 12.6. The third-order valence-corrected chi connectivity index (χ3v) is 18.1. The summed E-state index contributed by atoms with van der Waals surface area (Å²) in [5.41, 5.74) is 0.687. The van der Waals surface area contributed by atoms with Gasteiger partial charge in [-0.2, -0.15) is 0 Å². The Balaban J connectivity index is 1.48. The quantitative estimate of drug-likeness (QED) is 0.192. The molecule has 0 aromatic carbocycles. The molecule has 5 aliphatic heterocycles. The van der Waals surface area contributed by atoms with Gasteiger partial charge in [0.2, 0.25) is 0 Å². The molecule has 18 heteroatoms. The summed E-state index contributed by atoms with van der Waals surface area (Å²) in [5, 5.41) is 4.16. The van der Waals surface area contributed by atoms with Crippen molar-refractivity contribution in [2.75, 3.05) is 28.4 Å². The van der Waals surface area contributed by atoms with Gasteiger partial charge in [-0.25, -0.2) is 19.2 Å². The second-order valence-electron chi connectivity index (χ2n) is 7.43. The number of hydrogen-bond donors (Lipinski definition) is 0. The highest BCUT2D eigenvalue weighted by Gasteiger charge is 2.37. The van der Waals surface area contributed by atoms with Crippen molar-refractivity contribution in [1.29, 1.82) is 0 Å². The maximum Gasteiger partial charge on any atom is 0.346 e. The van der Waals surface area contributed by atoms with Gasteiger partial charge in [0, 0.05) is 0 Å². The summed E-state index contributed by atoms with van der Waals surface area (Å²) in [6.45, 7) is 0. The fourth-order valence-corrected chi connectivity index (χ4v) is 16.4. The van der Waals surface area contributed by atoms with Gasteiger partial charge in [-0.3, -0.25) is 0 Å². The van der Waals surface area contributed by atoms with Gasteiger partial charge in [0.1, 0.15) is 19.6 Å². The predicted octanol–water partition coefficient (Wildman–Crippen LogP) is 8.12. The van der Waals surface area contributed by atoms with Crippen LogP contribution in [0.5, 0.6) is 0 Å². The van der Waals surface area contributed by atoms with Crippen molar-refractivity contribution >= 4 is 141 Å². The van der Waals surface area contributed by atoms with E-state index < -0.39 is 23.9 Å². The number of methoxy groups -OCH3 is 4. The predicted molar refractivity (Wildman–Crippen MR) is 184 cm³/mol. The van der Waals surface area contributed by atoms with Crippen molar-refractivity contribution in [3.05, 3.63) is 77.8 Å². The molecule has 0 radical (unpaired) electrons. The van der Waals surface area contributed by atoms with E-state index in [-0.39, 0.29) is 19.6 Å². The third kappa shape index (κ3) is 7.07. The van der Waals surface area contributed by atoms with Gasteiger partial charge in [0.25, 0.3) is 0 Å². The molecule has 0 saturated heterocycles. The van der Waals surface area contributed by atoms with Crippen LogP contribution in [0.3, 0.4) is 0 Å². The zero-order valence-electron chi connectivity index (χ0n) is 21.7. The van der Waals surface area contributed by atoms with Crippen molar-refractivity contribution in [3.8, 4) is 0 Å². The van der Waals surface area contributed by atoms with Crippen molar-refractivity contribution in [2.45, 2.75) is 0 Å². The Kier molecular flexibility index (Phi) is 11.4. The van der Waals surface area contributed by atoms with Gasteiger partial charge < -0.3 is 18.9 Å². The van der Waals surface area contributed by atoms with E-state index in [1.165, 1.54) is 45.4 Å². The van der Waals surface area contributed by atoms with Gasteiger partial charge in [-0.05, 0) is 28.5 Å². The second kappa shape index (κ2) is 14.6. The van der Waals surface area contributed by atoms with Crippen LogP contribution >= 0.6 is 118 Å². The lowest BCUT2D eigenvalue weighted by Crippen LogP contribution is -2.08. The molecular formula is C24H16O8S10. The standard InChI is InChI=1S/C24H16O8S10/c1-29-16(25)12-13(17(26)30-2)36-10(35-12)7-9(20-39-14(18(27)31-3)15(40-20)19(28)32-4)8-11-37-23-24(38-11)42-22(41-23)21-33-5-6-34-21/h5-8H,1-4H3. The molecule has 0 fully saturated rings. The zero-order chi connectivity index (χ0) is 30.0. The minimum absolute atomic E-state index is 0.128. The monoisotopic (exact) mass is 752 g/mol. The molecule has 0 atom stereocenters. The lowest BCUT2D eigenvalue weighted by molar-refractivity contribution is -0.138. The first-order chi connectivity index (χ1) is 20.3. The Morgan fingerprint density at radius 2 is 0.857 bits per heavy atom. The topological polar surface area (TPSA) is 105 Å². The molecule has 0 aromatic rings. The summed E-state index contributed by atoms with van der Waals surface area (Å²) in [6, 6.07) is 0. The molecular weight excluding hydrogens is 737 g/mol. The van der Waals surface area contributed by atoms with Crippen LogP contribution in [0.15, 0.2) is 77.8 Å². The van der Waals surface area contributed by atoms with Crippen LogP contribution in [0.2, 0.25) is 0 Å². The number of rotatable bonds is 6. The molecule has 0 bridgehead atoms. The average Bonchev–Trinajstić information content (AvgIpc) is 3.82. The molecule has 0 aliphatic carbocycles. The Hall–Kier alpha value is -0.700. The Labute approximate surface area is 283 Å². The molecule has 220 valence electrons. The van der Waals surface area contributed by atoms with E-state index in [0.29, 0.717) is 14.0 Å². The number of thioether (sulfide) groups is 10. The molecule has 0 aromatic heterocycles. The smallest absolute Gasteiger partial charge is 0.346 e. The maximum absolute atomic E-state index is 12.6. The lowest BCUT2D eigenvalue weighted by atomic mass is 10.3. The molecule has 0 saturated carbocycles. The summed E-state index contributed by atoms with van der Waals surface area (Å²) in [7, 11) is 4.99. The van der Waals surface area contributed by atoms with E-state index in [1.54, 1.807) is 70.6 Å². The summed E-state index contributed by atoms with van der Waals surface area (Å²) in [5.74, 6) is -2.59. The first kappa shape index (κ1) is 32.7. The van der Waals surface area contributed by atoms with Gasteiger partial charge in [0.05, 0.1) is 58.1 Å². The van der Waals surface area contributed by atoms with E-state index in [2.05, 4.69) is 10.8 Å². The fourth-order valence-electron chi connectivity index (χ4n) is 3.16.